The number of alkyl halides is 3. The van der Waals surface area contributed by atoms with E-state index in [9.17, 15) is 18.0 Å². The number of aromatic nitrogens is 1. The Hall–Kier alpha value is -1.83. The summed E-state index contributed by atoms with van der Waals surface area (Å²) in [6, 6.07) is 0.962. The van der Waals surface area contributed by atoms with Crippen LogP contribution in [0.2, 0.25) is 0 Å². The standard InChI is InChI=1S/C16H21F3N4O/c1-4-22-12-7-11(16(17,18)19)8-20-14(12)23-6-5-21(10(2)3)9-13(23)15(22)24/h7-8,10,13H,4-6,9H2,1-3H3/t13-/m0/s1. The number of rotatable bonds is 2. The molecule has 1 amide bonds. The topological polar surface area (TPSA) is 39.7 Å². The van der Waals surface area contributed by atoms with E-state index in [-0.39, 0.29) is 11.6 Å². The number of pyridine rings is 1. The molecule has 0 spiro atoms. The molecule has 0 bridgehead atoms. The van der Waals surface area contributed by atoms with E-state index in [1.165, 1.54) is 4.90 Å². The van der Waals surface area contributed by atoms with Gasteiger partial charge in [-0.3, -0.25) is 9.69 Å². The Balaban J connectivity index is 2.03. The number of hydrogen-bond acceptors (Lipinski definition) is 4. The van der Waals surface area contributed by atoms with Crippen molar-refractivity contribution >= 4 is 17.4 Å². The number of halogens is 3. The third-order valence-electron chi connectivity index (χ3n) is 4.75. The van der Waals surface area contributed by atoms with Crippen LogP contribution in [0.1, 0.15) is 26.3 Å². The van der Waals surface area contributed by atoms with Crippen LogP contribution in [0.25, 0.3) is 0 Å². The quantitative estimate of drug-likeness (QED) is 0.827. The van der Waals surface area contributed by atoms with E-state index in [4.69, 9.17) is 0 Å². The largest absolute Gasteiger partial charge is 0.417 e. The fraction of sp³-hybridized carbons (Fsp3) is 0.625. The zero-order chi connectivity index (χ0) is 17.6. The number of fused-ring (bicyclic) bond motifs is 3. The van der Waals surface area contributed by atoms with Crippen LogP contribution in [-0.2, 0) is 11.0 Å². The van der Waals surface area contributed by atoms with Gasteiger partial charge in [-0.25, -0.2) is 4.98 Å². The molecule has 24 heavy (non-hydrogen) atoms. The molecule has 132 valence electrons. The molecule has 1 aromatic heterocycles. The van der Waals surface area contributed by atoms with E-state index in [1.54, 1.807) is 6.92 Å². The average molecular weight is 342 g/mol. The van der Waals surface area contributed by atoms with Crippen LogP contribution >= 0.6 is 0 Å². The number of anilines is 2. The van der Waals surface area contributed by atoms with Gasteiger partial charge in [0, 0.05) is 38.4 Å². The molecule has 5 nitrogen and oxygen atoms in total. The summed E-state index contributed by atoms with van der Waals surface area (Å²) in [4.78, 5) is 22.4. The van der Waals surface area contributed by atoms with Gasteiger partial charge < -0.3 is 9.80 Å². The summed E-state index contributed by atoms with van der Waals surface area (Å²) >= 11 is 0. The van der Waals surface area contributed by atoms with Crippen molar-refractivity contribution in [2.24, 2.45) is 0 Å². The molecule has 0 aromatic carbocycles. The molecule has 1 saturated heterocycles. The molecular formula is C16H21F3N4O. The SMILES string of the molecule is CCN1C(=O)[C@@H]2CN(C(C)C)CCN2c2ncc(C(F)(F)F)cc21. The Kier molecular flexibility index (Phi) is 4.19. The molecule has 0 radical (unpaired) electrons. The molecular weight excluding hydrogens is 321 g/mol. The maximum atomic E-state index is 13.0. The van der Waals surface area contributed by atoms with E-state index in [0.29, 0.717) is 31.5 Å². The number of hydrogen-bond donors (Lipinski definition) is 0. The molecule has 8 heteroatoms. The lowest BCUT2D eigenvalue weighted by atomic mass is 10.0. The first-order chi connectivity index (χ1) is 11.2. The van der Waals surface area contributed by atoms with Gasteiger partial charge in [0.25, 0.3) is 5.91 Å². The summed E-state index contributed by atoms with van der Waals surface area (Å²) in [5.74, 6) is 0.314. The maximum absolute atomic E-state index is 13.0. The molecule has 0 unspecified atom stereocenters. The Morgan fingerprint density at radius 2 is 2.04 bits per heavy atom. The first kappa shape index (κ1) is 17.0. The van der Waals surface area contributed by atoms with E-state index >= 15 is 0 Å². The van der Waals surface area contributed by atoms with Crippen LogP contribution in [0.3, 0.4) is 0 Å². The number of likely N-dealkylation sites (N-methyl/N-ethyl adjacent to an activating group) is 1. The normalized spacial score (nSPS) is 22.0. The fourth-order valence-corrected chi connectivity index (χ4v) is 3.38. The van der Waals surface area contributed by atoms with Gasteiger partial charge in [0.2, 0.25) is 0 Å². The summed E-state index contributed by atoms with van der Waals surface area (Å²) in [5, 5.41) is 0. The van der Waals surface area contributed by atoms with Crippen molar-refractivity contribution in [2.45, 2.75) is 39.0 Å². The molecule has 0 aliphatic carbocycles. The second-order valence-corrected chi connectivity index (χ2v) is 6.44. The second kappa shape index (κ2) is 5.91. The Morgan fingerprint density at radius 3 is 2.62 bits per heavy atom. The summed E-state index contributed by atoms with van der Waals surface area (Å²) in [5.41, 5.74) is -0.571. The molecule has 3 heterocycles. The smallest absolute Gasteiger partial charge is 0.340 e. The Bertz CT molecular complexity index is 647. The van der Waals surface area contributed by atoms with E-state index in [2.05, 4.69) is 23.7 Å². The van der Waals surface area contributed by atoms with E-state index in [0.717, 1.165) is 18.8 Å². The summed E-state index contributed by atoms with van der Waals surface area (Å²) in [6.07, 6.45) is -3.62. The second-order valence-electron chi connectivity index (χ2n) is 6.44. The summed E-state index contributed by atoms with van der Waals surface area (Å²) in [7, 11) is 0. The van der Waals surface area contributed by atoms with Gasteiger partial charge in [0.1, 0.15) is 6.04 Å². The van der Waals surface area contributed by atoms with Gasteiger partial charge in [0.15, 0.2) is 5.82 Å². The minimum Gasteiger partial charge on any atom is -0.340 e. The third-order valence-corrected chi connectivity index (χ3v) is 4.75. The van der Waals surface area contributed by atoms with Crippen molar-refractivity contribution in [3.63, 3.8) is 0 Å². The first-order valence-electron chi connectivity index (χ1n) is 8.13. The highest BCUT2D eigenvalue weighted by Crippen LogP contribution is 2.39. The lowest BCUT2D eigenvalue weighted by Crippen LogP contribution is -2.63. The van der Waals surface area contributed by atoms with Gasteiger partial charge in [-0.15, -0.1) is 0 Å². The zero-order valence-electron chi connectivity index (χ0n) is 14.0. The molecule has 2 aliphatic rings. The number of amides is 1. The Labute approximate surface area is 139 Å². The molecule has 1 fully saturated rings. The van der Waals surface area contributed by atoms with Crippen LogP contribution < -0.4 is 9.80 Å². The monoisotopic (exact) mass is 342 g/mol. The van der Waals surface area contributed by atoms with Crippen molar-refractivity contribution < 1.29 is 18.0 Å². The van der Waals surface area contributed by atoms with Gasteiger partial charge in [-0.2, -0.15) is 13.2 Å². The molecule has 0 N–H and O–H groups in total. The van der Waals surface area contributed by atoms with Crippen LogP contribution in [-0.4, -0.2) is 54.1 Å². The highest BCUT2D eigenvalue weighted by molar-refractivity contribution is 6.05. The fourth-order valence-electron chi connectivity index (χ4n) is 3.38. The predicted octanol–water partition coefficient (Wildman–Crippen LogP) is 2.37. The molecule has 0 saturated carbocycles. The van der Waals surface area contributed by atoms with Gasteiger partial charge in [0.05, 0.1) is 11.3 Å². The lowest BCUT2D eigenvalue weighted by Gasteiger charge is -2.48. The van der Waals surface area contributed by atoms with Crippen molar-refractivity contribution in [1.29, 1.82) is 0 Å². The van der Waals surface area contributed by atoms with Crippen LogP contribution in [0.4, 0.5) is 24.7 Å². The number of carbonyl (C=O) groups is 1. The van der Waals surface area contributed by atoms with Gasteiger partial charge in [-0.1, -0.05) is 0 Å². The number of piperazine rings is 1. The molecule has 2 aliphatic heterocycles. The molecule has 3 rings (SSSR count). The van der Waals surface area contributed by atoms with Gasteiger partial charge in [-0.05, 0) is 26.8 Å². The molecule has 1 atom stereocenters. The lowest BCUT2D eigenvalue weighted by molar-refractivity contribution is -0.138. The predicted molar refractivity (Wildman–Crippen MR) is 85.1 cm³/mol. The zero-order valence-corrected chi connectivity index (χ0v) is 14.0. The van der Waals surface area contributed by atoms with Crippen LogP contribution in [0, 0.1) is 0 Å². The highest BCUT2D eigenvalue weighted by atomic mass is 19.4. The van der Waals surface area contributed by atoms with Gasteiger partial charge >= 0.3 is 6.18 Å². The van der Waals surface area contributed by atoms with Crippen molar-refractivity contribution in [2.75, 3.05) is 36.0 Å². The average Bonchev–Trinajstić information content (AvgIpc) is 2.53. The van der Waals surface area contributed by atoms with Crippen molar-refractivity contribution in [1.82, 2.24) is 9.88 Å². The minimum atomic E-state index is -4.47. The number of carbonyl (C=O) groups excluding carboxylic acids is 1. The third kappa shape index (κ3) is 2.72. The molecule has 1 aromatic rings. The van der Waals surface area contributed by atoms with Crippen molar-refractivity contribution in [3.05, 3.63) is 17.8 Å². The summed E-state index contributed by atoms with van der Waals surface area (Å²) < 4.78 is 39.0. The number of nitrogens with zero attached hydrogens (tertiary/aromatic N) is 4. The summed E-state index contributed by atoms with van der Waals surface area (Å²) in [6.45, 7) is 8.13. The van der Waals surface area contributed by atoms with E-state index < -0.39 is 17.8 Å². The van der Waals surface area contributed by atoms with E-state index in [1.807, 2.05) is 4.90 Å². The van der Waals surface area contributed by atoms with Crippen LogP contribution in [0.15, 0.2) is 12.3 Å². The minimum absolute atomic E-state index is 0.156. The highest BCUT2D eigenvalue weighted by Gasteiger charge is 2.43. The van der Waals surface area contributed by atoms with Crippen molar-refractivity contribution in [3.8, 4) is 0 Å². The Morgan fingerprint density at radius 1 is 1.33 bits per heavy atom. The maximum Gasteiger partial charge on any atom is 0.417 e. The van der Waals surface area contributed by atoms with Crippen LogP contribution in [0.5, 0.6) is 0 Å². The first-order valence-corrected chi connectivity index (χ1v) is 8.13.